The molecule has 2 aromatic carbocycles. The van der Waals surface area contributed by atoms with E-state index in [0.29, 0.717) is 27.8 Å². The van der Waals surface area contributed by atoms with Gasteiger partial charge in [-0.1, -0.05) is 36.0 Å². The first kappa shape index (κ1) is 21.6. The van der Waals surface area contributed by atoms with Crippen molar-refractivity contribution >= 4 is 50.7 Å². The minimum absolute atomic E-state index is 0.222. The third-order valence-corrected chi connectivity index (χ3v) is 6.20. The first-order chi connectivity index (χ1) is 15.3. The van der Waals surface area contributed by atoms with Crippen LogP contribution in [0.2, 0.25) is 0 Å². The molecule has 2 heterocycles. The van der Waals surface area contributed by atoms with Crippen molar-refractivity contribution in [2.75, 3.05) is 16.0 Å². The van der Waals surface area contributed by atoms with Gasteiger partial charge in [-0.25, -0.2) is 9.78 Å². The molecular formula is C24H25N5O2S. The molecule has 0 aliphatic heterocycles. The Hall–Kier alpha value is -3.65. The zero-order valence-corrected chi connectivity index (χ0v) is 19.2. The molecule has 0 unspecified atom stereocenters. The topological polar surface area (TPSA) is 98.9 Å². The molecule has 164 valence electrons. The number of thiazole rings is 1. The standard InChI is InChI=1S/C24H25N5O2S/c1-5-18-21(22(30)28-20-14(3)10-13(2)11-15(20)4)32-24(27-18)29-23(31)26-17-6-7-19-16(12-17)8-9-25-19/h6-12,25H,5H2,1-4H3,(H,28,30)(H2,26,27,29,31). The molecule has 0 saturated carbocycles. The van der Waals surface area contributed by atoms with Gasteiger partial charge in [0.25, 0.3) is 5.91 Å². The van der Waals surface area contributed by atoms with Gasteiger partial charge in [0, 0.05) is 28.5 Å². The van der Waals surface area contributed by atoms with E-state index in [2.05, 4.69) is 25.9 Å². The number of aromatic amines is 1. The number of carbonyl (C=O) groups is 2. The number of hydrogen-bond donors (Lipinski definition) is 4. The predicted molar refractivity (Wildman–Crippen MR) is 131 cm³/mol. The van der Waals surface area contributed by atoms with Crippen molar-refractivity contribution in [2.45, 2.75) is 34.1 Å². The number of urea groups is 1. The van der Waals surface area contributed by atoms with E-state index < -0.39 is 6.03 Å². The lowest BCUT2D eigenvalue weighted by Gasteiger charge is -2.12. The number of fused-ring (bicyclic) bond motifs is 1. The lowest BCUT2D eigenvalue weighted by molar-refractivity contribution is 0.102. The highest BCUT2D eigenvalue weighted by atomic mass is 32.1. The number of amides is 3. The quantitative estimate of drug-likeness (QED) is 0.301. The van der Waals surface area contributed by atoms with Crippen LogP contribution in [0, 0.1) is 20.8 Å². The van der Waals surface area contributed by atoms with Crippen molar-refractivity contribution in [2.24, 2.45) is 0 Å². The molecule has 2 aromatic heterocycles. The molecule has 0 radical (unpaired) electrons. The maximum atomic E-state index is 13.0. The number of carbonyl (C=O) groups excluding carboxylic acids is 2. The zero-order chi connectivity index (χ0) is 22.8. The van der Waals surface area contributed by atoms with E-state index in [9.17, 15) is 9.59 Å². The number of nitrogens with zero attached hydrogens (tertiary/aromatic N) is 1. The highest BCUT2D eigenvalue weighted by Gasteiger charge is 2.20. The van der Waals surface area contributed by atoms with Gasteiger partial charge in [-0.2, -0.15) is 0 Å². The minimum atomic E-state index is -0.409. The van der Waals surface area contributed by atoms with Crippen LogP contribution in [0.1, 0.15) is 39.0 Å². The van der Waals surface area contributed by atoms with Crippen LogP contribution in [0.25, 0.3) is 10.9 Å². The summed E-state index contributed by atoms with van der Waals surface area (Å²) in [4.78, 5) is 33.6. The Morgan fingerprint density at radius 1 is 1.00 bits per heavy atom. The number of aryl methyl sites for hydroxylation is 4. The molecule has 4 aromatic rings. The lowest BCUT2D eigenvalue weighted by atomic mass is 10.1. The molecule has 32 heavy (non-hydrogen) atoms. The summed E-state index contributed by atoms with van der Waals surface area (Å²) in [7, 11) is 0. The smallest absolute Gasteiger partial charge is 0.325 e. The fraction of sp³-hybridized carbons (Fsp3) is 0.208. The second kappa shape index (κ2) is 8.84. The molecule has 3 amide bonds. The number of hydrogen-bond acceptors (Lipinski definition) is 4. The fourth-order valence-corrected chi connectivity index (χ4v) is 4.70. The van der Waals surface area contributed by atoms with E-state index in [4.69, 9.17) is 0 Å². The van der Waals surface area contributed by atoms with E-state index in [0.717, 1.165) is 33.3 Å². The number of rotatable bonds is 5. The Bertz CT molecular complexity index is 1300. The van der Waals surface area contributed by atoms with Crippen LogP contribution in [-0.4, -0.2) is 21.9 Å². The zero-order valence-electron chi connectivity index (χ0n) is 18.4. The Balaban J connectivity index is 1.48. The summed E-state index contributed by atoms with van der Waals surface area (Å²) < 4.78 is 0. The number of nitrogens with one attached hydrogen (secondary N) is 4. The summed E-state index contributed by atoms with van der Waals surface area (Å²) in [6.07, 6.45) is 2.43. The molecule has 0 fully saturated rings. The summed E-state index contributed by atoms with van der Waals surface area (Å²) in [6, 6.07) is 11.2. The molecule has 8 heteroatoms. The molecule has 4 rings (SSSR count). The second-order valence-corrected chi connectivity index (χ2v) is 8.73. The Morgan fingerprint density at radius 3 is 2.47 bits per heavy atom. The van der Waals surface area contributed by atoms with Crippen molar-refractivity contribution in [3.8, 4) is 0 Å². The summed E-state index contributed by atoms with van der Waals surface area (Å²) in [5.41, 5.74) is 6.30. The summed E-state index contributed by atoms with van der Waals surface area (Å²) in [6.45, 7) is 7.92. The van der Waals surface area contributed by atoms with E-state index in [-0.39, 0.29) is 5.91 Å². The van der Waals surface area contributed by atoms with Crippen LogP contribution in [0.15, 0.2) is 42.6 Å². The third-order valence-electron chi connectivity index (χ3n) is 5.19. The van der Waals surface area contributed by atoms with Gasteiger partial charge in [0.05, 0.1) is 5.69 Å². The SMILES string of the molecule is CCc1nc(NC(=O)Nc2ccc3[nH]ccc3c2)sc1C(=O)Nc1c(C)cc(C)cc1C. The highest BCUT2D eigenvalue weighted by Crippen LogP contribution is 2.28. The average molecular weight is 448 g/mol. The van der Waals surface area contributed by atoms with Gasteiger partial charge >= 0.3 is 6.03 Å². The summed E-state index contributed by atoms with van der Waals surface area (Å²) in [5.74, 6) is -0.222. The van der Waals surface area contributed by atoms with Crippen LogP contribution in [0.3, 0.4) is 0 Å². The van der Waals surface area contributed by atoms with Crippen molar-refractivity contribution in [1.82, 2.24) is 9.97 Å². The number of benzene rings is 2. The number of anilines is 3. The summed E-state index contributed by atoms with van der Waals surface area (Å²) in [5, 5.41) is 9.96. The molecule has 7 nitrogen and oxygen atoms in total. The monoisotopic (exact) mass is 447 g/mol. The largest absolute Gasteiger partial charge is 0.361 e. The van der Waals surface area contributed by atoms with Gasteiger partial charge in [-0.3, -0.25) is 10.1 Å². The molecule has 0 aliphatic rings. The van der Waals surface area contributed by atoms with Crippen molar-refractivity contribution < 1.29 is 9.59 Å². The van der Waals surface area contributed by atoms with Gasteiger partial charge in [-0.15, -0.1) is 0 Å². The Kier molecular flexibility index (Phi) is 5.96. The fourth-order valence-electron chi connectivity index (χ4n) is 3.76. The van der Waals surface area contributed by atoms with E-state index >= 15 is 0 Å². The Morgan fingerprint density at radius 2 is 1.75 bits per heavy atom. The highest BCUT2D eigenvalue weighted by molar-refractivity contribution is 7.17. The van der Waals surface area contributed by atoms with Crippen molar-refractivity contribution in [3.05, 3.63) is 69.9 Å². The van der Waals surface area contributed by atoms with Crippen molar-refractivity contribution in [1.29, 1.82) is 0 Å². The van der Waals surface area contributed by atoms with Crippen LogP contribution >= 0.6 is 11.3 Å². The van der Waals surface area contributed by atoms with Gasteiger partial charge in [0.2, 0.25) is 0 Å². The van der Waals surface area contributed by atoms with Crippen LogP contribution < -0.4 is 16.0 Å². The number of H-pyrrole nitrogens is 1. The molecular weight excluding hydrogens is 422 g/mol. The van der Waals surface area contributed by atoms with E-state index in [1.54, 1.807) is 0 Å². The maximum absolute atomic E-state index is 13.0. The van der Waals surface area contributed by atoms with Crippen LogP contribution in [0.5, 0.6) is 0 Å². The molecule has 0 spiro atoms. The van der Waals surface area contributed by atoms with Gasteiger partial charge in [-0.05, 0) is 62.6 Å². The molecule has 0 saturated heterocycles. The maximum Gasteiger partial charge on any atom is 0.325 e. The van der Waals surface area contributed by atoms with Gasteiger partial charge < -0.3 is 15.6 Å². The van der Waals surface area contributed by atoms with Gasteiger partial charge in [0.15, 0.2) is 5.13 Å². The van der Waals surface area contributed by atoms with Crippen LogP contribution in [0.4, 0.5) is 21.3 Å². The first-order valence-electron chi connectivity index (χ1n) is 10.4. The van der Waals surface area contributed by atoms with E-state index in [1.165, 1.54) is 11.3 Å². The Labute approximate surface area is 190 Å². The minimum Gasteiger partial charge on any atom is -0.361 e. The molecule has 4 N–H and O–H groups in total. The van der Waals surface area contributed by atoms with E-state index in [1.807, 2.05) is 70.3 Å². The van der Waals surface area contributed by atoms with Crippen molar-refractivity contribution in [3.63, 3.8) is 0 Å². The summed E-state index contributed by atoms with van der Waals surface area (Å²) >= 11 is 1.17. The lowest BCUT2D eigenvalue weighted by Crippen LogP contribution is -2.19. The average Bonchev–Trinajstić information content (AvgIpc) is 3.36. The molecule has 0 atom stereocenters. The predicted octanol–water partition coefficient (Wildman–Crippen LogP) is 6.01. The molecule has 0 bridgehead atoms. The van der Waals surface area contributed by atoms with Crippen LogP contribution in [-0.2, 0) is 6.42 Å². The third kappa shape index (κ3) is 4.50. The molecule has 0 aliphatic carbocycles. The second-order valence-electron chi connectivity index (χ2n) is 7.74. The van der Waals surface area contributed by atoms with Gasteiger partial charge in [0.1, 0.15) is 4.88 Å². The number of aromatic nitrogens is 2. The first-order valence-corrected chi connectivity index (χ1v) is 11.2. The normalized spacial score (nSPS) is 10.9.